The van der Waals surface area contributed by atoms with Crippen LogP contribution in [0.15, 0.2) is 30.3 Å². The van der Waals surface area contributed by atoms with Crippen LogP contribution < -0.4 is 5.73 Å². The van der Waals surface area contributed by atoms with E-state index in [1.54, 1.807) is 6.92 Å². The Labute approximate surface area is 89.5 Å². The van der Waals surface area contributed by atoms with Crippen LogP contribution in [-0.4, -0.2) is 5.91 Å². The summed E-state index contributed by atoms with van der Waals surface area (Å²) in [6.07, 6.45) is 0.482. The molecule has 0 aromatic heterocycles. The van der Waals surface area contributed by atoms with Gasteiger partial charge < -0.3 is 5.73 Å². The summed E-state index contributed by atoms with van der Waals surface area (Å²) >= 11 is 0. The second-order valence-electron chi connectivity index (χ2n) is 3.63. The highest BCUT2D eigenvalue weighted by Gasteiger charge is 2.17. The summed E-state index contributed by atoms with van der Waals surface area (Å²) in [6, 6.07) is 11.6. The van der Waals surface area contributed by atoms with Gasteiger partial charge in [-0.1, -0.05) is 37.3 Å². The zero-order valence-electron chi connectivity index (χ0n) is 8.68. The Bertz CT molecular complexity index is 367. The lowest BCUT2D eigenvalue weighted by molar-refractivity contribution is -0.121. The van der Waals surface area contributed by atoms with E-state index in [1.807, 2.05) is 30.3 Å². The van der Waals surface area contributed by atoms with E-state index >= 15 is 0 Å². The Kier molecular flexibility index (Phi) is 3.87. The number of primary amides is 1. The van der Waals surface area contributed by atoms with E-state index in [1.165, 1.54) is 0 Å². The predicted octanol–water partition coefficient (Wildman–Crippen LogP) is 1.81. The maximum atomic E-state index is 10.9. The average molecular weight is 202 g/mol. The molecule has 0 heterocycles. The zero-order chi connectivity index (χ0) is 11.3. The number of benzene rings is 1. The number of hydrogen-bond donors (Lipinski definition) is 1. The van der Waals surface area contributed by atoms with Crippen LogP contribution in [0.5, 0.6) is 0 Å². The van der Waals surface area contributed by atoms with Gasteiger partial charge >= 0.3 is 0 Å². The van der Waals surface area contributed by atoms with Gasteiger partial charge in [-0.3, -0.25) is 4.79 Å². The molecule has 1 aromatic carbocycles. The van der Waals surface area contributed by atoms with Crippen molar-refractivity contribution in [2.45, 2.75) is 19.3 Å². The van der Waals surface area contributed by atoms with Gasteiger partial charge in [-0.15, -0.1) is 0 Å². The average Bonchev–Trinajstić information content (AvgIpc) is 2.26. The Morgan fingerprint density at radius 1 is 1.47 bits per heavy atom. The number of hydrogen-bond acceptors (Lipinski definition) is 2. The third-order valence-corrected chi connectivity index (χ3v) is 2.43. The van der Waals surface area contributed by atoms with Crippen LogP contribution >= 0.6 is 0 Å². The number of amides is 1. The minimum Gasteiger partial charge on any atom is -0.369 e. The molecule has 0 spiro atoms. The van der Waals surface area contributed by atoms with Crippen molar-refractivity contribution in [2.24, 2.45) is 11.7 Å². The van der Waals surface area contributed by atoms with E-state index in [9.17, 15) is 4.79 Å². The summed E-state index contributed by atoms with van der Waals surface area (Å²) in [5, 5.41) is 9.01. The predicted molar refractivity (Wildman–Crippen MR) is 57.8 cm³/mol. The molecule has 2 unspecified atom stereocenters. The van der Waals surface area contributed by atoms with Crippen LogP contribution in [-0.2, 0) is 4.79 Å². The summed E-state index contributed by atoms with van der Waals surface area (Å²) in [4.78, 5) is 10.9. The van der Waals surface area contributed by atoms with Crippen molar-refractivity contribution >= 4 is 5.91 Å². The summed E-state index contributed by atoms with van der Waals surface area (Å²) in [7, 11) is 0. The third kappa shape index (κ3) is 3.10. The van der Waals surface area contributed by atoms with Crippen LogP contribution in [0.4, 0.5) is 0 Å². The van der Waals surface area contributed by atoms with Gasteiger partial charge in [0.1, 0.15) is 0 Å². The van der Waals surface area contributed by atoms with Crippen LogP contribution in [0.1, 0.15) is 24.8 Å². The molecule has 1 rings (SSSR count). The first-order valence-electron chi connectivity index (χ1n) is 4.89. The fraction of sp³-hybridized carbons (Fsp3) is 0.333. The Balaban J connectivity index is 2.75. The van der Waals surface area contributed by atoms with Crippen molar-refractivity contribution in [1.29, 1.82) is 5.26 Å². The Morgan fingerprint density at radius 2 is 2.07 bits per heavy atom. The van der Waals surface area contributed by atoms with Gasteiger partial charge in [-0.2, -0.15) is 5.26 Å². The van der Waals surface area contributed by atoms with Crippen molar-refractivity contribution in [3.8, 4) is 6.07 Å². The molecule has 1 aromatic rings. The molecular weight excluding hydrogens is 188 g/mol. The van der Waals surface area contributed by atoms with E-state index < -0.39 is 0 Å². The largest absolute Gasteiger partial charge is 0.369 e. The highest BCUT2D eigenvalue weighted by atomic mass is 16.1. The van der Waals surface area contributed by atoms with E-state index in [4.69, 9.17) is 11.0 Å². The number of nitriles is 1. The Morgan fingerprint density at radius 3 is 2.53 bits per heavy atom. The third-order valence-electron chi connectivity index (χ3n) is 2.43. The molecule has 0 radical (unpaired) electrons. The number of nitrogens with two attached hydrogens (primary N) is 1. The van der Waals surface area contributed by atoms with Crippen molar-refractivity contribution in [3.63, 3.8) is 0 Å². The lowest BCUT2D eigenvalue weighted by Crippen LogP contribution is -2.22. The van der Waals surface area contributed by atoms with Crippen molar-refractivity contribution in [3.05, 3.63) is 35.9 Å². The second kappa shape index (κ2) is 5.16. The highest BCUT2D eigenvalue weighted by molar-refractivity contribution is 5.76. The van der Waals surface area contributed by atoms with Gasteiger partial charge in [0, 0.05) is 5.92 Å². The molecule has 78 valence electrons. The number of nitrogens with zero attached hydrogens (tertiary/aromatic N) is 1. The fourth-order valence-electron chi connectivity index (χ4n) is 1.42. The van der Waals surface area contributed by atoms with E-state index in [2.05, 4.69) is 6.07 Å². The van der Waals surface area contributed by atoms with Gasteiger partial charge in [0.25, 0.3) is 0 Å². The van der Waals surface area contributed by atoms with E-state index in [-0.39, 0.29) is 17.7 Å². The minimum absolute atomic E-state index is 0.256. The summed E-state index contributed by atoms with van der Waals surface area (Å²) < 4.78 is 0. The molecule has 3 heteroatoms. The van der Waals surface area contributed by atoms with Crippen molar-refractivity contribution in [2.75, 3.05) is 0 Å². The van der Waals surface area contributed by atoms with E-state index in [0.717, 1.165) is 5.56 Å². The molecule has 0 aliphatic rings. The van der Waals surface area contributed by atoms with Crippen molar-refractivity contribution in [1.82, 2.24) is 0 Å². The monoisotopic (exact) mass is 202 g/mol. The molecule has 0 aliphatic heterocycles. The molecule has 1 amide bonds. The van der Waals surface area contributed by atoms with Gasteiger partial charge in [-0.05, 0) is 12.0 Å². The lowest BCUT2D eigenvalue weighted by Gasteiger charge is -2.12. The molecule has 3 nitrogen and oxygen atoms in total. The van der Waals surface area contributed by atoms with Crippen LogP contribution in [0.25, 0.3) is 0 Å². The van der Waals surface area contributed by atoms with Gasteiger partial charge in [-0.25, -0.2) is 0 Å². The minimum atomic E-state index is -0.355. The molecule has 0 saturated heterocycles. The molecule has 15 heavy (non-hydrogen) atoms. The highest BCUT2D eigenvalue weighted by Crippen LogP contribution is 2.22. The molecule has 0 fully saturated rings. The maximum Gasteiger partial charge on any atom is 0.220 e. The van der Waals surface area contributed by atoms with Gasteiger partial charge in [0.2, 0.25) is 5.91 Å². The first kappa shape index (κ1) is 11.3. The molecule has 2 atom stereocenters. The van der Waals surface area contributed by atoms with Gasteiger partial charge in [0.15, 0.2) is 0 Å². The molecule has 0 saturated carbocycles. The van der Waals surface area contributed by atoms with Crippen molar-refractivity contribution < 1.29 is 4.79 Å². The fourth-order valence-corrected chi connectivity index (χ4v) is 1.42. The summed E-state index contributed by atoms with van der Waals surface area (Å²) in [5.74, 6) is -0.880. The topological polar surface area (TPSA) is 66.9 Å². The summed E-state index contributed by atoms with van der Waals surface area (Å²) in [6.45, 7) is 1.75. The number of rotatable bonds is 4. The summed E-state index contributed by atoms with van der Waals surface area (Å²) in [5.41, 5.74) is 6.11. The van der Waals surface area contributed by atoms with E-state index in [0.29, 0.717) is 6.42 Å². The number of carbonyl (C=O) groups excluding carboxylic acids is 1. The molecular formula is C12H14N2O. The lowest BCUT2D eigenvalue weighted by atomic mass is 9.90. The van der Waals surface area contributed by atoms with Crippen LogP contribution in [0.2, 0.25) is 0 Å². The normalized spacial score (nSPS) is 13.9. The molecule has 2 N–H and O–H groups in total. The first-order valence-corrected chi connectivity index (χ1v) is 4.89. The first-order chi connectivity index (χ1) is 7.15. The second-order valence-corrected chi connectivity index (χ2v) is 3.63. The molecule has 0 aliphatic carbocycles. The maximum absolute atomic E-state index is 10.9. The standard InChI is InChI=1S/C12H14N2O/c1-9(12(14)15)7-11(8-13)10-5-3-2-4-6-10/h2-6,9,11H,7H2,1H3,(H2,14,15). The van der Waals surface area contributed by atoms with Crippen LogP contribution in [0.3, 0.4) is 0 Å². The SMILES string of the molecule is CC(CC(C#N)c1ccccc1)C(N)=O. The zero-order valence-corrected chi connectivity index (χ0v) is 8.68. The smallest absolute Gasteiger partial charge is 0.220 e. The van der Waals surface area contributed by atoms with Crippen LogP contribution in [0, 0.1) is 17.2 Å². The Hall–Kier alpha value is -1.82. The van der Waals surface area contributed by atoms with Gasteiger partial charge in [0.05, 0.1) is 12.0 Å². The molecule has 0 bridgehead atoms. The quantitative estimate of drug-likeness (QED) is 0.809. The number of carbonyl (C=O) groups is 1.